The van der Waals surface area contributed by atoms with Crippen LogP contribution in [0.2, 0.25) is 0 Å². The van der Waals surface area contributed by atoms with E-state index in [2.05, 4.69) is 10.6 Å². The number of hydrogen-bond acceptors (Lipinski definition) is 5. The van der Waals surface area contributed by atoms with E-state index in [-0.39, 0.29) is 5.91 Å². The number of ether oxygens (including phenoxy) is 3. The van der Waals surface area contributed by atoms with E-state index in [0.717, 1.165) is 29.8 Å². The molecule has 6 heteroatoms. The van der Waals surface area contributed by atoms with Gasteiger partial charge in [-0.15, -0.1) is 0 Å². The number of hydrogen-bond donors (Lipinski definition) is 2. The Labute approximate surface area is 137 Å². The van der Waals surface area contributed by atoms with Crippen LogP contribution in [-0.2, 0) is 20.8 Å². The fourth-order valence-electron chi connectivity index (χ4n) is 2.36. The molecule has 0 aliphatic carbocycles. The normalized spacial score (nSPS) is 17.7. The maximum atomic E-state index is 12.1. The Morgan fingerprint density at radius 2 is 2.30 bits per heavy atom. The Morgan fingerprint density at radius 1 is 1.43 bits per heavy atom. The Morgan fingerprint density at radius 3 is 3.04 bits per heavy atom. The molecule has 1 aromatic carbocycles. The molecule has 1 fully saturated rings. The summed E-state index contributed by atoms with van der Waals surface area (Å²) in [5.74, 6) is 0.715. The van der Waals surface area contributed by atoms with Crippen LogP contribution in [0.25, 0.3) is 0 Å². The van der Waals surface area contributed by atoms with Crippen molar-refractivity contribution in [2.45, 2.75) is 26.0 Å². The minimum atomic E-state index is -0.416. The van der Waals surface area contributed by atoms with Crippen LogP contribution in [0, 0.1) is 6.92 Å². The first-order valence-corrected chi connectivity index (χ1v) is 8.02. The number of rotatable bonds is 8. The molecule has 1 aliphatic heterocycles. The minimum Gasteiger partial charge on any atom is -0.493 e. The molecule has 1 amide bonds. The number of benzene rings is 1. The fraction of sp³-hybridized carbons (Fsp3) is 0.588. The molecule has 0 spiro atoms. The molecular formula is C17H26N2O4. The summed E-state index contributed by atoms with van der Waals surface area (Å²) in [6.07, 6.45) is 0.415. The smallest absolute Gasteiger partial charge is 0.250 e. The van der Waals surface area contributed by atoms with E-state index in [9.17, 15) is 4.79 Å². The van der Waals surface area contributed by atoms with Crippen LogP contribution in [0.1, 0.15) is 17.5 Å². The van der Waals surface area contributed by atoms with Crippen molar-refractivity contribution in [3.8, 4) is 5.75 Å². The molecular weight excluding hydrogens is 296 g/mol. The van der Waals surface area contributed by atoms with Crippen molar-refractivity contribution in [1.82, 2.24) is 10.6 Å². The third-order valence-corrected chi connectivity index (χ3v) is 3.65. The number of aryl methyl sites for hydroxylation is 1. The second-order valence-corrected chi connectivity index (χ2v) is 5.59. The highest BCUT2D eigenvalue weighted by Crippen LogP contribution is 2.20. The Hall–Kier alpha value is -1.63. The average molecular weight is 322 g/mol. The number of nitrogens with one attached hydrogen (secondary N) is 2. The Balaban J connectivity index is 1.88. The van der Waals surface area contributed by atoms with E-state index in [4.69, 9.17) is 14.2 Å². The SMILES string of the molecule is COCCCOc1cc(C)ccc1CNC(=O)C1CNCCO1. The molecule has 1 aliphatic rings. The van der Waals surface area contributed by atoms with Crippen LogP contribution in [0.5, 0.6) is 5.75 Å². The third-order valence-electron chi connectivity index (χ3n) is 3.65. The summed E-state index contributed by atoms with van der Waals surface area (Å²) in [5, 5.41) is 6.07. The lowest BCUT2D eigenvalue weighted by atomic mass is 10.1. The van der Waals surface area contributed by atoms with Gasteiger partial charge in [-0.25, -0.2) is 0 Å². The quantitative estimate of drug-likeness (QED) is 0.699. The largest absolute Gasteiger partial charge is 0.493 e. The lowest BCUT2D eigenvalue weighted by Crippen LogP contribution is -2.47. The molecule has 1 heterocycles. The average Bonchev–Trinajstić information content (AvgIpc) is 2.58. The topological polar surface area (TPSA) is 68.8 Å². The highest BCUT2D eigenvalue weighted by atomic mass is 16.5. The maximum Gasteiger partial charge on any atom is 0.250 e. The van der Waals surface area contributed by atoms with Gasteiger partial charge in [0, 0.05) is 45.3 Å². The Bertz CT molecular complexity index is 501. The van der Waals surface area contributed by atoms with Crippen molar-refractivity contribution in [2.75, 3.05) is 40.0 Å². The molecule has 0 bridgehead atoms. The van der Waals surface area contributed by atoms with Gasteiger partial charge < -0.3 is 24.8 Å². The summed E-state index contributed by atoms with van der Waals surface area (Å²) in [6, 6.07) is 6.00. The monoisotopic (exact) mass is 322 g/mol. The third kappa shape index (κ3) is 5.82. The van der Waals surface area contributed by atoms with Gasteiger partial charge >= 0.3 is 0 Å². The van der Waals surface area contributed by atoms with Crippen molar-refractivity contribution < 1.29 is 19.0 Å². The van der Waals surface area contributed by atoms with Gasteiger partial charge in [0.15, 0.2) is 0 Å². The van der Waals surface area contributed by atoms with Crippen LogP contribution < -0.4 is 15.4 Å². The number of morpholine rings is 1. The van der Waals surface area contributed by atoms with Gasteiger partial charge in [-0.2, -0.15) is 0 Å². The molecule has 2 rings (SSSR count). The molecule has 1 unspecified atom stereocenters. The van der Waals surface area contributed by atoms with Crippen LogP contribution in [0.4, 0.5) is 0 Å². The number of amides is 1. The highest BCUT2D eigenvalue weighted by molar-refractivity contribution is 5.81. The second-order valence-electron chi connectivity index (χ2n) is 5.59. The first kappa shape index (κ1) is 17.7. The van der Waals surface area contributed by atoms with Gasteiger partial charge in [-0.3, -0.25) is 4.79 Å². The van der Waals surface area contributed by atoms with Crippen LogP contribution in [0.15, 0.2) is 18.2 Å². The lowest BCUT2D eigenvalue weighted by molar-refractivity contribution is -0.134. The van der Waals surface area contributed by atoms with E-state index >= 15 is 0 Å². The van der Waals surface area contributed by atoms with Crippen molar-refractivity contribution in [1.29, 1.82) is 0 Å². The standard InChI is InChI=1S/C17H26N2O4/c1-13-4-5-14(15(10-13)22-8-3-7-21-2)11-19-17(20)16-12-18-6-9-23-16/h4-5,10,16,18H,3,6-9,11-12H2,1-2H3,(H,19,20). The molecule has 0 saturated carbocycles. The summed E-state index contributed by atoms with van der Waals surface area (Å²) < 4.78 is 16.3. The molecule has 2 N–H and O–H groups in total. The van der Waals surface area contributed by atoms with Crippen LogP contribution in [-0.4, -0.2) is 52.0 Å². The maximum absolute atomic E-state index is 12.1. The number of carbonyl (C=O) groups is 1. The summed E-state index contributed by atoms with van der Waals surface area (Å²) in [5.41, 5.74) is 2.09. The van der Waals surface area contributed by atoms with Gasteiger partial charge in [0.05, 0.1) is 13.2 Å². The predicted octanol–water partition coefficient (Wildman–Crippen LogP) is 1.01. The molecule has 0 aromatic heterocycles. The lowest BCUT2D eigenvalue weighted by Gasteiger charge is -2.23. The van der Waals surface area contributed by atoms with Gasteiger partial charge in [0.2, 0.25) is 0 Å². The first-order chi connectivity index (χ1) is 11.2. The summed E-state index contributed by atoms with van der Waals surface area (Å²) in [6.45, 7) is 5.63. The van der Waals surface area contributed by atoms with E-state index in [0.29, 0.717) is 32.9 Å². The van der Waals surface area contributed by atoms with E-state index in [1.807, 2.05) is 25.1 Å². The zero-order valence-corrected chi connectivity index (χ0v) is 13.9. The van der Waals surface area contributed by atoms with Gasteiger partial charge in [0.25, 0.3) is 5.91 Å². The molecule has 23 heavy (non-hydrogen) atoms. The number of methoxy groups -OCH3 is 1. The van der Waals surface area contributed by atoms with E-state index in [1.165, 1.54) is 0 Å². The molecule has 1 atom stereocenters. The van der Waals surface area contributed by atoms with Crippen LogP contribution >= 0.6 is 0 Å². The zero-order chi connectivity index (χ0) is 16.5. The summed E-state index contributed by atoms with van der Waals surface area (Å²) in [7, 11) is 1.68. The van der Waals surface area contributed by atoms with E-state index in [1.54, 1.807) is 7.11 Å². The van der Waals surface area contributed by atoms with Crippen LogP contribution in [0.3, 0.4) is 0 Å². The van der Waals surface area contributed by atoms with Gasteiger partial charge in [-0.05, 0) is 18.6 Å². The molecule has 1 saturated heterocycles. The van der Waals surface area contributed by atoms with E-state index < -0.39 is 6.10 Å². The first-order valence-electron chi connectivity index (χ1n) is 8.02. The van der Waals surface area contributed by atoms with Gasteiger partial charge in [0.1, 0.15) is 11.9 Å². The molecule has 1 aromatic rings. The molecule has 128 valence electrons. The minimum absolute atomic E-state index is 0.0943. The predicted molar refractivity (Wildman–Crippen MR) is 87.6 cm³/mol. The Kier molecular flexibility index (Phi) is 7.32. The zero-order valence-electron chi connectivity index (χ0n) is 13.9. The second kappa shape index (κ2) is 9.50. The van der Waals surface area contributed by atoms with Crippen molar-refractivity contribution in [2.24, 2.45) is 0 Å². The molecule has 0 radical (unpaired) electrons. The fourth-order valence-corrected chi connectivity index (χ4v) is 2.36. The molecule has 6 nitrogen and oxygen atoms in total. The summed E-state index contributed by atoms with van der Waals surface area (Å²) in [4.78, 5) is 12.1. The number of carbonyl (C=O) groups excluding carboxylic acids is 1. The van der Waals surface area contributed by atoms with Crippen molar-refractivity contribution >= 4 is 5.91 Å². The van der Waals surface area contributed by atoms with Gasteiger partial charge in [-0.1, -0.05) is 12.1 Å². The summed E-state index contributed by atoms with van der Waals surface area (Å²) >= 11 is 0. The van der Waals surface area contributed by atoms with Crippen molar-refractivity contribution in [3.05, 3.63) is 29.3 Å². The highest BCUT2D eigenvalue weighted by Gasteiger charge is 2.21. The van der Waals surface area contributed by atoms with Crippen molar-refractivity contribution in [3.63, 3.8) is 0 Å².